The number of carbonyl (C=O) groups is 2. The third-order valence-electron chi connectivity index (χ3n) is 6.81. The third kappa shape index (κ3) is 2.24. The van der Waals surface area contributed by atoms with E-state index in [1.165, 1.54) is 11.3 Å². The zero-order chi connectivity index (χ0) is 19.0. The van der Waals surface area contributed by atoms with Crippen LogP contribution < -0.4 is 9.64 Å². The van der Waals surface area contributed by atoms with Gasteiger partial charge in [0, 0.05) is 5.02 Å². The van der Waals surface area contributed by atoms with Crippen molar-refractivity contribution in [1.29, 1.82) is 0 Å². The SMILES string of the molecule is O=C1[C@@H]2[C@H]3C=C[C@H]([C@@H]4C[C@H]34)[C@@H]2C(=O)N1c1ccc(Oc2ccc(Cl)cc2)cc1. The lowest BCUT2D eigenvalue weighted by Crippen LogP contribution is -2.40. The van der Waals surface area contributed by atoms with Crippen LogP contribution >= 0.6 is 11.6 Å². The predicted octanol–water partition coefficient (Wildman–Crippen LogP) is 4.69. The molecule has 1 aliphatic heterocycles. The van der Waals surface area contributed by atoms with Crippen LogP contribution in [-0.4, -0.2) is 11.8 Å². The molecule has 28 heavy (non-hydrogen) atoms. The summed E-state index contributed by atoms with van der Waals surface area (Å²) in [4.78, 5) is 27.7. The smallest absolute Gasteiger partial charge is 0.238 e. The normalized spacial score (nSPS) is 34.4. The van der Waals surface area contributed by atoms with Crippen LogP contribution in [-0.2, 0) is 9.59 Å². The summed E-state index contributed by atoms with van der Waals surface area (Å²) in [6, 6.07) is 14.3. The van der Waals surface area contributed by atoms with Crippen molar-refractivity contribution >= 4 is 29.1 Å². The van der Waals surface area contributed by atoms with E-state index in [0.717, 1.165) is 0 Å². The number of hydrogen-bond acceptors (Lipinski definition) is 3. The highest BCUT2D eigenvalue weighted by Crippen LogP contribution is 2.65. The van der Waals surface area contributed by atoms with E-state index in [1.54, 1.807) is 48.5 Å². The number of ether oxygens (including phenoxy) is 1. The number of benzene rings is 2. The Morgan fingerprint density at radius 1 is 0.786 bits per heavy atom. The molecule has 0 unspecified atom stereocenters. The Morgan fingerprint density at radius 3 is 1.82 bits per heavy atom. The van der Waals surface area contributed by atoms with Crippen molar-refractivity contribution in [1.82, 2.24) is 0 Å². The highest BCUT2D eigenvalue weighted by atomic mass is 35.5. The minimum atomic E-state index is -0.170. The Balaban J connectivity index is 1.26. The zero-order valence-electron chi connectivity index (χ0n) is 15.0. The van der Waals surface area contributed by atoms with Gasteiger partial charge in [-0.2, -0.15) is 0 Å². The number of rotatable bonds is 3. The Kier molecular flexibility index (Phi) is 3.34. The number of amides is 2. The second kappa shape index (κ2) is 5.71. The maximum Gasteiger partial charge on any atom is 0.238 e. The van der Waals surface area contributed by atoms with E-state index in [2.05, 4.69) is 12.2 Å². The average molecular weight is 392 g/mol. The van der Waals surface area contributed by atoms with Gasteiger partial charge in [-0.05, 0) is 78.6 Å². The topological polar surface area (TPSA) is 46.6 Å². The number of allylic oxidation sites excluding steroid dienone is 2. The molecule has 3 fully saturated rings. The molecule has 7 rings (SSSR count). The van der Waals surface area contributed by atoms with Gasteiger partial charge < -0.3 is 4.74 Å². The summed E-state index contributed by atoms with van der Waals surface area (Å²) in [6.45, 7) is 0. The summed E-state index contributed by atoms with van der Waals surface area (Å²) >= 11 is 5.89. The lowest BCUT2D eigenvalue weighted by molar-refractivity contribution is -0.124. The molecule has 1 heterocycles. The van der Waals surface area contributed by atoms with Crippen LogP contribution in [0.15, 0.2) is 60.7 Å². The number of anilines is 1. The highest BCUT2D eigenvalue weighted by Gasteiger charge is 2.67. The molecule has 4 aliphatic carbocycles. The van der Waals surface area contributed by atoms with E-state index >= 15 is 0 Å². The van der Waals surface area contributed by atoms with Gasteiger partial charge in [-0.3, -0.25) is 14.5 Å². The van der Waals surface area contributed by atoms with Crippen molar-refractivity contribution in [3.8, 4) is 11.5 Å². The van der Waals surface area contributed by atoms with E-state index in [1.807, 2.05) is 0 Å². The Hall–Kier alpha value is -2.59. The molecular weight excluding hydrogens is 374 g/mol. The molecule has 0 radical (unpaired) electrons. The molecule has 2 saturated carbocycles. The second-order valence-corrected chi connectivity index (χ2v) is 8.65. The number of imide groups is 1. The van der Waals surface area contributed by atoms with E-state index in [9.17, 15) is 9.59 Å². The maximum absolute atomic E-state index is 13.1. The van der Waals surface area contributed by atoms with Crippen molar-refractivity contribution < 1.29 is 14.3 Å². The van der Waals surface area contributed by atoms with Gasteiger partial charge in [0.05, 0.1) is 17.5 Å². The number of hydrogen-bond donors (Lipinski definition) is 0. The first-order valence-corrected chi connectivity index (χ1v) is 10.1. The van der Waals surface area contributed by atoms with Crippen molar-refractivity contribution in [3.05, 3.63) is 65.7 Å². The number of carbonyl (C=O) groups excluding carboxylic acids is 2. The fourth-order valence-corrected chi connectivity index (χ4v) is 5.64. The summed E-state index contributed by atoms with van der Waals surface area (Å²) in [7, 11) is 0. The molecule has 2 amide bonds. The molecule has 0 spiro atoms. The quantitative estimate of drug-likeness (QED) is 0.563. The second-order valence-electron chi connectivity index (χ2n) is 8.22. The molecule has 2 aromatic rings. The first kappa shape index (κ1) is 16.4. The van der Waals surface area contributed by atoms with Crippen LogP contribution in [0.2, 0.25) is 5.02 Å². The van der Waals surface area contributed by atoms with E-state index in [0.29, 0.717) is 34.0 Å². The number of halogens is 1. The van der Waals surface area contributed by atoms with Crippen LogP contribution in [0.1, 0.15) is 6.42 Å². The summed E-state index contributed by atoms with van der Waals surface area (Å²) in [5, 5.41) is 0.649. The van der Waals surface area contributed by atoms with Crippen molar-refractivity contribution in [2.45, 2.75) is 6.42 Å². The van der Waals surface area contributed by atoms with Gasteiger partial charge >= 0.3 is 0 Å². The van der Waals surface area contributed by atoms with E-state index in [4.69, 9.17) is 16.3 Å². The molecule has 2 bridgehead atoms. The van der Waals surface area contributed by atoms with Crippen LogP contribution in [0.5, 0.6) is 11.5 Å². The highest BCUT2D eigenvalue weighted by molar-refractivity contribution is 6.30. The lowest BCUT2D eigenvalue weighted by atomic mass is 9.63. The van der Waals surface area contributed by atoms with Crippen molar-refractivity contribution in [2.24, 2.45) is 35.5 Å². The molecule has 140 valence electrons. The van der Waals surface area contributed by atoms with Crippen LogP contribution in [0.3, 0.4) is 0 Å². The lowest BCUT2D eigenvalue weighted by Gasteiger charge is -2.37. The monoisotopic (exact) mass is 391 g/mol. The predicted molar refractivity (Wildman–Crippen MR) is 105 cm³/mol. The molecule has 0 N–H and O–H groups in total. The molecular formula is C23H18ClNO3. The van der Waals surface area contributed by atoms with Gasteiger partial charge in [0.15, 0.2) is 0 Å². The summed E-state index contributed by atoms with van der Waals surface area (Å²) < 4.78 is 5.81. The van der Waals surface area contributed by atoms with Gasteiger partial charge in [-0.1, -0.05) is 23.8 Å². The van der Waals surface area contributed by atoms with E-state index in [-0.39, 0.29) is 35.5 Å². The van der Waals surface area contributed by atoms with Crippen molar-refractivity contribution in [2.75, 3.05) is 4.90 Å². The minimum Gasteiger partial charge on any atom is -0.457 e. The van der Waals surface area contributed by atoms with Gasteiger partial charge in [0.2, 0.25) is 11.8 Å². The summed E-state index contributed by atoms with van der Waals surface area (Å²) in [5.74, 6) is 2.63. The molecule has 2 aromatic carbocycles. The van der Waals surface area contributed by atoms with Crippen LogP contribution in [0.4, 0.5) is 5.69 Å². The molecule has 1 saturated heterocycles. The fourth-order valence-electron chi connectivity index (χ4n) is 5.51. The summed E-state index contributed by atoms with van der Waals surface area (Å²) in [5.41, 5.74) is 0.626. The summed E-state index contributed by atoms with van der Waals surface area (Å²) in [6.07, 6.45) is 5.56. The van der Waals surface area contributed by atoms with Gasteiger partial charge in [0.25, 0.3) is 0 Å². The number of nitrogens with zero attached hydrogens (tertiary/aromatic N) is 1. The third-order valence-corrected chi connectivity index (χ3v) is 7.06. The Bertz CT molecular complexity index is 977. The molecule has 5 aliphatic rings. The Labute approximate surface area is 167 Å². The van der Waals surface area contributed by atoms with Gasteiger partial charge in [-0.15, -0.1) is 0 Å². The largest absolute Gasteiger partial charge is 0.457 e. The van der Waals surface area contributed by atoms with Gasteiger partial charge in [-0.25, -0.2) is 0 Å². The molecule has 0 aromatic heterocycles. The zero-order valence-corrected chi connectivity index (χ0v) is 15.8. The Morgan fingerprint density at radius 2 is 1.29 bits per heavy atom. The first-order chi connectivity index (χ1) is 13.6. The molecule has 6 atom stereocenters. The molecule has 4 nitrogen and oxygen atoms in total. The maximum atomic E-state index is 13.1. The van der Waals surface area contributed by atoms with Crippen LogP contribution in [0.25, 0.3) is 0 Å². The fraction of sp³-hybridized carbons (Fsp3) is 0.304. The average Bonchev–Trinajstić information content (AvgIpc) is 3.49. The van der Waals surface area contributed by atoms with E-state index < -0.39 is 0 Å². The van der Waals surface area contributed by atoms with Gasteiger partial charge in [0.1, 0.15) is 11.5 Å². The van der Waals surface area contributed by atoms with Crippen molar-refractivity contribution in [3.63, 3.8) is 0 Å². The molecule has 5 heteroatoms. The standard InChI is InChI=1S/C23H18ClNO3/c24-12-1-5-14(6-2-12)28-15-7-3-13(4-8-15)25-22(26)20-16-9-10-17(19-11-18(16)19)21(20)23(25)27/h1-10,16-21H,11H2/t16-,17+,18+,19-,20+,21-. The van der Waals surface area contributed by atoms with Crippen LogP contribution in [0, 0.1) is 35.5 Å². The minimum absolute atomic E-state index is 0.0360. The first-order valence-electron chi connectivity index (χ1n) is 9.71.